The summed E-state index contributed by atoms with van der Waals surface area (Å²) < 4.78 is 1.66. The maximum atomic E-state index is 11.5. The number of anilines is 1. The van der Waals surface area contributed by atoms with Crippen molar-refractivity contribution in [3.63, 3.8) is 0 Å². The van der Waals surface area contributed by atoms with Crippen molar-refractivity contribution in [1.29, 1.82) is 0 Å². The Morgan fingerprint density at radius 3 is 2.90 bits per heavy atom. The number of hydrogen-bond donors (Lipinski definition) is 1. The molecule has 0 spiro atoms. The summed E-state index contributed by atoms with van der Waals surface area (Å²) in [7, 11) is 1.81. The SMILES string of the molecule is CC1=CCCN(c2c(C(=O)O)cnc3c2cnn3C)C1. The molecule has 0 saturated carbocycles. The van der Waals surface area contributed by atoms with Crippen molar-refractivity contribution in [3.8, 4) is 0 Å². The Hall–Kier alpha value is -2.37. The van der Waals surface area contributed by atoms with E-state index in [1.54, 1.807) is 17.9 Å². The third-order valence-corrected chi connectivity index (χ3v) is 3.61. The third-order valence-electron chi connectivity index (χ3n) is 3.61. The Labute approximate surface area is 116 Å². The highest BCUT2D eigenvalue weighted by molar-refractivity contribution is 6.03. The zero-order chi connectivity index (χ0) is 14.3. The van der Waals surface area contributed by atoms with Crippen molar-refractivity contribution in [1.82, 2.24) is 14.8 Å². The maximum Gasteiger partial charge on any atom is 0.339 e. The number of carboxylic acid groups (broad SMARTS) is 1. The van der Waals surface area contributed by atoms with Crippen molar-refractivity contribution >= 4 is 22.7 Å². The molecule has 1 aliphatic rings. The fraction of sp³-hybridized carbons (Fsp3) is 0.357. The van der Waals surface area contributed by atoms with Crippen LogP contribution in [0.5, 0.6) is 0 Å². The number of carboxylic acids is 1. The molecule has 0 fully saturated rings. The van der Waals surface area contributed by atoms with Gasteiger partial charge in [-0.3, -0.25) is 4.68 Å². The fourth-order valence-electron chi connectivity index (χ4n) is 2.68. The lowest BCUT2D eigenvalue weighted by atomic mass is 10.1. The summed E-state index contributed by atoms with van der Waals surface area (Å²) in [6.45, 7) is 3.62. The normalized spacial score (nSPS) is 15.5. The van der Waals surface area contributed by atoms with Gasteiger partial charge in [0.05, 0.1) is 17.3 Å². The second kappa shape index (κ2) is 4.63. The van der Waals surface area contributed by atoms with E-state index in [0.29, 0.717) is 5.65 Å². The number of pyridine rings is 1. The molecule has 0 unspecified atom stereocenters. The zero-order valence-corrected chi connectivity index (χ0v) is 11.5. The Morgan fingerprint density at radius 2 is 2.20 bits per heavy atom. The van der Waals surface area contributed by atoms with E-state index < -0.39 is 5.97 Å². The van der Waals surface area contributed by atoms with Gasteiger partial charge in [0.1, 0.15) is 5.56 Å². The Morgan fingerprint density at radius 1 is 1.40 bits per heavy atom. The Kier molecular flexibility index (Phi) is 2.93. The topological polar surface area (TPSA) is 71.2 Å². The third kappa shape index (κ3) is 1.93. The molecule has 1 N–H and O–H groups in total. The van der Waals surface area contributed by atoms with Crippen LogP contribution in [0.3, 0.4) is 0 Å². The first-order valence-electron chi connectivity index (χ1n) is 6.52. The van der Waals surface area contributed by atoms with E-state index >= 15 is 0 Å². The van der Waals surface area contributed by atoms with E-state index in [2.05, 4.69) is 28.0 Å². The molecular weight excluding hydrogens is 256 g/mol. The van der Waals surface area contributed by atoms with E-state index in [4.69, 9.17) is 0 Å². The van der Waals surface area contributed by atoms with Gasteiger partial charge in [-0.25, -0.2) is 9.78 Å². The number of fused-ring (bicyclic) bond motifs is 1. The van der Waals surface area contributed by atoms with Gasteiger partial charge in [0, 0.05) is 26.3 Å². The Bertz CT molecular complexity index is 717. The van der Waals surface area contributed by atoms with E-state index in [9.17, 15) is 9.90 Å². The predicted octanol–water partition coefficient (Wildman–Crippen LogP) is 1.82. The average Bonchev–Trinajstić information content (AvgIpc) is 2.79. The number of hydrogen-bond acceptors (Lipinski definition) is 4. The molecule has 3 rings (SSSR count). The molecule has 20 heavy (non-hydrogen) atoms. The van der Waals surface area contributed by atoms with Gasteiger partial charge in [0.15, 0.2) is 5.65 Å². The van der Waals surface area contributed by atoms with Gasteiger partial charge in [0.2, 0.25) is 0 Å². The lowest BCUT2D eigenvalue weighted by molar-refractivity contribution is 0.0697. The molecule has 2 aromatic heterocycles. The first kappa shape index (κ1) is 12.7. The highest BCUT2D eigenvalue weighted by Gasteiger charge is 2.23. The highest BCUT2D eigenvalue weighted by atomic mass is 16.4. The number of nitrogens with zero attached hydrogens (tertiary/aromatic N) is 4. The molecule has 0 amide bonds. The van der Waals surface area contributed by atoms with Crippen molar-refractivity contribution in [2.24, 2.45) is 7.05 Å². The molecular formula is C14H16N4O2. The van der Waals surface area contributed by atoms with Crippen LogP contribution in [0.2, 0.25) is 0 Å². The molecule has 1 aliphatic heterocycles. The first-order chi connectivity index (χ1) is 9.58. The van der Waals surface area contributed by atoms with Crippen molar-refractivity contribution in [3.05, 3.63) is 29.6 Å². The van der Waals surface area contributed by atoms with Crippen molar-refractivity contribution < 1.29 is 9.90 Å². The number of aromatic carboxylic acids is 1. The molecule has 0 radical (unpaired) electrons. The lowest BCUT2D eigenvalue weighted by Gasteiger charge is -2.29. The highest BCUT2D eigenvalue weighted by Crippen LogP contribution is 2.31. The number of carbonyl (C=O) groups is 1. The molecule has 6 heteroatoms. The standard InChI is InChI=1S/C14H16N4O2/c1-9-4-3-5-18(8-9)12-10-7-16-17(2)13(10)15-6-11(12)14(19)20/h4,6-7H,3,5,8H2,1-2H3,(H,19,20). The van der Waals surface area contributed by atoms with Gasteiger partial charge < -0.3 is 10.0 Å². The van der Waals surface area contributed by atoms with Crippen molar-refractivity contribution in [2.75, 3.05) is 18.0 Å². The maximum absolute atomic E-state index is 11.5. The molecule has 0 aromatic carbocycles. The van der Waals surface area contributed by atoms with E-state index in [-0.39, 0.29) is 5.56 Å². The fourth-order valence-corrected chi connectivity index (χ4v) is 2.68. The van der Waals surface area contributed by atoms with Gasteiger partial charge >= 0.3 is 5.97 Å². The molecule has 104 valence electrons. The van der Waals surface area contributed by atoms with Gasteiger partial charge in [0.25, 0.3) is 0 Å². The van der Waals surface area contributed by atoms with Crippen LogP contribution in [0.1, 0.15) is 23.7 Å². The largest absolute Gasteiger partial charge is 0.478 e. The van der Waals surface area contributed by atoms with Crippen LogP contribution < -0.4 is 4.90 Å². The lowest BCUT2D eigenvalue weighted by Crippen LogP contribution is -2.30. The van der Waals surface area contributed by atoms with Crippen LogP contribution in [0.25, 0.3) is 11.0 Å². The second-order valence-electron chi connectivity index (χ2n) is 5.09. The molecule has 0 atom stereocenters. The number of aromatic nitrogens is 3. The molecule has 0 aliphatic carbocycles. The molecule has 0 bridgehead atoms. The van der Waals surface area contributed by atoms with Gasteiger partial charge in [-0.1, -0.05) is 11.6 Å². The van der Waals surface area contributed by atoms with Gasteiger partial charge in [-0.2, -0.15) is 5.10 Å². The smallest absolute Gasteiger partial charge is 0.339 e. The summed E-state index contributed by atoms with van der Waals surface area (Å²) in [5.74, 6) is -0.953. The molecule has 3 heterocycles. The summed E-state index contributed by atoms with van der Waals surface area (Å²) in [6.07, 6.45) is 6.24. The Balaban J connectivity index is 2.22. The van der Waals surface area contributed by atoms with Crippen LogP contribution in [0.4, 0.5) is 5.69 Å². The van der Waals surface area contributed by atoms with Crippen LogP contribution in [0, 0.1) is 0 Å². The number of rotatable bonds is 2. The average molecular weight is 272 g/mol. The minimum Gasteiger partial charge on any atom is -0.478 e. The summed E-state index contributed by atoms with van der Waals surface area (Å²) in [6, 6.07) is 0. The minimum absolute atomic E-state index is 0.236. The summed E-state index contributed by atoms with van der Waals surface area (Å²) in [4.78, 5) is 17.8. The molecule has 6 nitrogen and oxygen atoms in total. The quantitative estimate of drug-likeness (QED) is 0.844. The van der Waals surface area contributed by atoms with Crippen molar-refractivity contribution in [2.45, 2.75) is 13.3 Å². The summed E-state index contributed by atoms with van der Waals surface area (Å²) >= 11 is 0. The van der Waals surface area contributed by atoms with E-state index in [0.717, 1.165) is 30.6 Å². The molecule has 0 saturated heterocycles. The summed E-state index contributed by atoms with van der Waals surface area (Å²) in [5, 5.41) is 14.4. The minimum atomic E-state index is -0.953. The van der Waals surface area contributed by atoms with Gasteiger partial charge in [-0.15, -0.1) is 0 Å². The van der Waals surface area contributed by atoms with Crippen LogP contribution >= 0.6 is 0 Å². The van der Waals surface area contributed by atoms with Gasteiger partial charge in [-0.05, 0) is 13.3 Å². The second-order valence-corrected chi connectivity index (χ2v) is 5.09. The monoisotopic (exact) mass is 272 g/mol. The number of aryl methyl sites for hydroxylation is 1. The molecule has 2 aromatic rings. The van der Waals surface area contributed by atoms with E-state index in [1.165, 1.54) is 11.8 Å². The van der Waals surface area contributed by atoms with Crippen LogP contribution in [-0.2, 0) is 7.05 Å². The predicted molar refractivity (Wildman–Crippen MR) is 76.1 cm³/mol. The van der Waals surface area contributed by atoms with Crippen LogP contribution in [0.15, 0.2) is 24.0 Å². The van der Waals surface area contributed by atoms with Crippen LogP contribution in [-0.4, -0.2) is 38.9 Å². The first-order valence-corrected chi connectivity index (χ1v) is 6.52. The zero-order valence-electron chi connectivity index (χ0n) is 11.5. The summed E-state index contributed by atoms with van der Waals surface area (Å²) in [5.41, 5.74) is 2.92. The van der Waals surface area contributed by atoms with E-state index in [1.807, 2.05) is 0 Å².